The molecule has 0 saturated carbocycles. The van der Waals surface area contributed by atoms with Crippen LogP contribution in [0, 0.1) is 11.3 Å². The van der Waals surface area contributed by atoms with Crippen molar-refractivity contribution in [1.29, 1.82) is 5.26 Å². The summed E-state index contributed by atoms with van der Waals surface area (Å²) in [5.41, 5.74) is 0.642. The lowest BCUT2D eigenvalue weighted by Gasteiger charge is -1.79. The average molecular weight is 177 g/mol. The van der Waals surface area contributed by atoms with Crippen molar-refractivity contribution >= 4 is 23.2 Å². The van der Waals surface area contributed by atoms with Crippen molar-refractivity contribution in [3.05, 3.63) is 28.0 Å². The van der Waals surface area contributed by atoms with Crippen LogP contribution in [0.1, 0.15) is 17.4 Å². The number of allylic oxidation sites excluding steroid dienone is 1. The van der Waals surface area contributed by atoms with E-state index in [1.54, 1.807) is 17.5 Å². The molecule has 0 amide bonds. The van der Waals surface area contributed by atoms with Crippen LogP contribution in [-0.4, -0.2) is 5.78 Å². The molecule has 3 heteroatoms. The Morgan fingerprint density at radius 1 is 1.75 bits per heavy atom. The predicted octanol–water partition coefficient (Wildman–Crippen LogP) is 2.22. The molecule has 0 radical (unpaired) electrons. The molecule has 0 aliphatic rings. The summed E-state index contributed by atoms with van der Waals surface area (Å²) in [5, 5.41) is 10.3. The van der Waals surface area contributed by atoms with E-state index in [2.05, 4.69) is 0 Å². The molecule has 1 aromatic rings. The topological polar surface area (TPSA) is 40.9 Å². The lowest BCUT2D eigenvalue weighted by Crippen LogP contribution is -1.77. The third-order valence-corrected chi connectivity index (χ3v) is 2.13. The van der Waals surface area contributed by atoms with Gasteiger partial charge in [0.1, 0.15) is 6.07 Å². The Morgan fingerprint density at radius 3 is 3.00 bits per heavy atom. The first kappa shape index (κ1) is 8.69. The molecule has 0 unspecified atom stereocenters. The second-order valence-electron chi connectivity index (χ2n) is 2.29. The van der Waals surface area contributed by atoms with E-state index in [-0.39, 0.29) is 5.78 Å². The van der Waals surface area contributed by atoms with Crippen molar-refractivity contribution in [2.24, 2.45) is 0 Å². The minimum atomic E-state index is 0.0157. The number of rotatable bonds is 2. The van der Waals surface area contributed by atoms with Gasteiger partial charge >= 0.3 is 0 Å². The van der Waals surface area contributed by atoms with Gasteiger partial charge in [-0.1, -0.05) is 0 Å². The van der Waals surface area contributed by atoms with Crippen LogP contribution in [0.2, 0.25) is 0 Å². The Hall–Kier alpha value is -1.40. The molecule has 0 atom stereocenters. The van der Waals surface area contributed by atoms with E-state index in [0.717, 1.165) is 4.88 Å². The molecule has 12 heavy (non-hydrogen) atoms. The molecule has 0 saturated heterocycles. The number of hydrogen-bond acceptors (Lipinski definition) is 3. The number of thiophene rings is 1. The summed E-state index contributed by atoms with van der Waals surface area (Å²) in [6.07, 6.45) is 3.21. The zero-order valence-corrected chi connectivity index (χ0v) is 7.39. The number of ketones is 1. The van der Waals surface area contributed by atoms with Crippen molar-refractivity contribution in [1.82, 2.24) is 0 Å². The Morgan fingerprint density at radius 2 is 2.50 bits per heavy atom. The van der Waals surface area contributed by atoms with Gasteiger partial charge in [0.05, 0.1) is 5.56 Å². The SMILES string of the molecule is CC(=O)/C=C/c1cc(C#N)cs1. The fourth-order valence-corrected chi connectivity index (χ4v) is 1.42. The highest BCUT2D eigenvalue weighted by atomic mass is 32.1. The number of nitriles is 1. The van der Waals surface area contributed by atoms with Gasteiger partial charge < -0.3 is 0 Å². The Labute approximate surface area is 74.8 Å². The van der Waals surface area contributed by atoms with Gasteiger partial charge in [0.15, 0.2) is 5.78 Å². The summed E-state index contributed by atoms with van der Waals surface area (Å²) < 4.78 is 0. The van der Waals surface area contributed by atoms with Crippen LogP contribution in [-0.2, 0) is 4.79 Å². The third kappa shape index (κ3) is 2.33. The van der Waals surface area contributed by atoms with E-state index in [0.29, 0.717) is 5.56 Å². The van der Waals surface area contributed by atoms with Crippen LogP contribution in [0.25, 0.3) is 6.08 Å². The normalized spacial score (nSPS) is 10.0. The zero-order chi connectivity index (χ0) is 8.97. The van der Waals surface area contributed by atoms with Crippen LogP contribution < -0.4 is 0 Å². The van der Waals surface area contributed by atoms with E-state index < -0.39 is 0 Å². The first-order valence-corrected chi connectivity index (χ1v) is 4.27. The van der Waals surface area contributed by atoms with Crippen LogP contribution in [0.4, 0.5) is 0 Å². The highest BCUT2D eigenvalue weighted by molar-refractivity contribution is 7.11. The average Bonchev–Trinajstić information content (AvgIpc) is 2.48. The van der Waals surface area contributed by atoms with Crippen molar-refractivity contribution in [2.45, 2.75) is 6.92 Å². The number of nitrogens with zero attached hydrogens (tertiary/aromatic N) is 1. The second kappa shape index (κ2) is 3.84. The number of hydrogen-bond donors (Lipinski definition) is 0. The Balaban J connectivity index is 2.78. The minimum Gasteiger partial charge on any atom is -0.295 e. The fraction of sp³-hybridized carbons (Fsp3) is 0.111. The van der Waals surface area contributed by atoms with Gasteiger partial charge in [0.2, 0.25) is 0 Å². The van der Waals surface area contributed by atoms with Crippen LogP contribution in [0.15, 0.2) is 17.5 Å². The first-order valence-electron chi connectivity index (χ1n) is 3.39. The largest absolute Gasteiger partial charge is 0.295 e. The quantitative estimate of drug-likeness (QED) is 0.650. The maximum absolute atomic E-state index is 10.5. The Kier molecular flexibility index (Phi) is 2.78. The van der Waals surface area contributed by atoms with Crippen molar-refractivity contribution in [2.75, 3.05) is 0 Å². The van der Waals surface area contributed by atoms with E-state index in [1.165, 1.54) is 24.3 Å². The lowest BCUT2D eigenvalue weighted by atomic mass is 10.3. The molecule has 0 aliphatic carbocycles. The molecule has 60 valence electrons. The van der Waals surface area contributed by atoms with E-state index in [9.17, 15) is 4.79 Å². The van der Waals surface area contributed by atoms with Gasteiger partial charge in [-0.2, -0.15) is 5.26 Å². The summed E-state index contributed by atoms with van der Waals surface area (Å²) in [7, 11) is 0. The summed E-state index contributed by atoms with van der Waals surface area (Å²) in [4.78, 5) is 11.5. The van der Waals surface area contributed by atoms with Crippen molar-refractivity contribution in [3.63, 3.8) is 0 Å². The molecule has 1 aromatic heterocycles. The molecule has 0 bridgehead atoms. The molecule has 2 nitrogen and oxygen atoms in total. The molecule has 0 N–H and O–H groups in total. The van der Waals surface area contributed by atoms with Gasteiger partial charge in [-0.3, -0.25) is 4.79 Å². The summed E-state index contributed by atoms with van der Waals surface area (Å²) in [6, 6.07) is 3.78. The van der Waals surface area contributed by atoms with Crippen molar-refractivity contribution < 1.29 is 4.79 Å². The van der Waals surface area contributed by atoms with Crippen LogP contribution in [0.3, 0.4) is 0 Å². The highest BCUT2D eigenvalue weighted by Crippen LogP contribution is 2.15. The molecule has 0 aromatic carbocycles. The molecule has 0 fully saturated rings. The van der Waals surface area contributed by atoms with Crippen molar-refractivity contribution in [3.8, 4) is 6.07 Å². The molecule has 0 spiro atoms. The smallest absolute Gasteiger partial charge is 0.152 e. The van der Waals surface area contributed by atoms with Gasteiger partial charge in [-0.15, -0.1) is 11.3 Å². The maximum Gasteiger partial charge on any atom is 0.152 e. The van der Waals surface area contributed by atoms with Gasteiger partial charge in [-0.25, -0.2) is 0 Å². The Bertz CT molecular complexity index is 357. The predicted molar refractivity (Wildman–Crippen MR) is 48.7 cm³/mol. The molecular weight excluding hydrogens is 170 g/mol. The zero-order valence-electron chi connectivity index (χ0n) is 6.57. The molecule has 1 heterocycles. The third-order valence-electron chi connectivity index (χ3n) is 1.23. The summed E-state index contributed by atoms with van der Waals surface area (Å²) in [5.74, 6) is 0.0157. The standard InChI is InChI=1S/C9H7NOS/c1-7(11)2-3-9-4-8(5-10)6-12-9/h2-4,6H,1H3/b3-2+. The molecule has 1 rings (SSSR count). The fourth-order valence-electron chi connectivity index (χ4n) is 0.698. The van der Waals surface area contributed by atoms with Gasteiger partial charge in [0.25, 0.3) is 0 Å². The monoisotopic (exact) mass is 177 g/mol. The van der Waals surface area contributed by atoms with Crippen LogP contribution >= 0.6 is 11.3 Å². The molecule has 0 aliphatic heterocycles. The first-order chi connectivity index (χ1) is 5.72. The second-order valence-corrected chi connectivity index (χ2v) is 3.24. The number of carbonyl (C=O) groups is 1. The maximum atomic E-state index is 10.5. The highest BCUT2D eigenvalue weighted by Gasteiger charge is 1.94. The van der Waals surface area contributed by atoms with E-state index >= 15 is 0 Å². The summed E-state index contributed by atoms with van der Waals surface area (Å²) >= 11 is 1.45. The number of carbonyl (C=O) groups excluding carboxylic acids is 1. The minimum absolute atomic E-state index is 0.0157. The van der Waals surface area contributed by atoms with E-state index in [4.69, 9.17) is 5.26 Å². The van der Waals surface area contributed by atoms with E-state index in [1.807, 2.05) is 6.07 Å². The van der Waals surface area contributed by atoms with Gasteiger partial charge in [-0.05, 0) is 25.1 Å². The summed E-state index contributed by atoms with van der Waals surface area (Å²) in [6.45, 7) is 1.50. The van der Waals surface area contributed by atoms with Gasteiger partial charge in [0, 0.05) is 10.3 Å². The lowest BCUT2D eigenvalue weighted by molar-refractivity contribution is -0.112. The van der Waals surface area contributed by atoms with Crippen LogP contribution in [0.5, 0.6) is 0 Å². The molecular formula is C9H7NOS.